The van der Waals surface area contributed by atoms with Gasteiger partial charge in [0.15, 0.2) is 0 Å². The summed E-state index contributed by atoms with van der Waals surface area (Å²) >= 11 is 1.60. The van der Waals surface area contributed by atoms with Gasteiger partial charge in [-0.2, -0.15) is 0 Å². The van der Waals surface area contributed by atoms with E-state index in [1.54, 1.807) is 11.8 Å². The van der Waals surface area contributed by atoms with Crippen molar-refractivity contribution in [3.63, 3.8) is 0 Å². The molecule has 0 saturated carbocycles. The number of hydrogen-bond donors (Lipinski definition) is 3. The molecule has 0 radical (unpaired) electrons. The summed E-state index contributed by atoms with van der Waals surface area (Å²) in [7, 11) is 0. The second-order valence-corrected chi connectivity index (χ2v) is 6.89. The van der Waals surface area contributed by atoms with Gasteiger partial charge in [-0.3, -0.25) is 4.79 Å². The summed E-state index contributed by atoms with van der Waals surface area (Å²) in [5.41, 5.74) is 0.808. The van der Waals surface area contributed by atoms with E-state index in [-0.39, 0.29) is 17.6 Å². The molecule has 0 aliphatic heterocycles. The van der Waals surface area contributed by atoms with Crippen LogP contribution in [-0.2, 0) is 4.79 Å². The number of aliphatic hydroxyl groups is 1. The molecule has 0 fully saturated rings. The lowest BCUT2D eigenvalue weighted by molar-refractivity contribution is -0.114. The van der Waals surface area contributed by atoms with Crippen LogP contribution in [0.1, 0.15) is 27.7 Å². The summed E-state index contributed by atoms with van der Waals surface area (Å²) < 4.78 is 0. The maximum Gasteiger partial charge on any atom is 0.221 e. The second kappa shape index (κ2) is 7.67. The van der Waals surface area contributed by atoms with Gasteiger partial charge in [0, 0.05) is 35.3 Å². The molecular formula is C15H24N2O2S. The van der Waals surface area contributed by atoms with Crippen molar-refractivity contribution in [1.29, 1.82) is 0 Å². The number of benzene rings is 1. The van der Waals surface area contributed by atoms with Crippen molar-refractivity contribution in [3.05, 3.63) is 24.3 Å². The van der Waals surface area contributed by atoms with E-state index in [4.69, 9.17) is 0 Å². The van der Waals surface area contributed by atoms with Crippen LogP contribution >= 0.6 is 11.8 Å². The number of rotatable bonds is 6. The van der Waals surface area contributed by atoms with E-state index in [0.717, 1.165) is 10.6 Å². The van der Waals surface area contributed by atoms with Gasteiger partial charge in [-0.25, -0.2) is 0 Å². The number of nitrogens with one attached hydrogen (secondary N) is 2. The number of carbonyl (C=O) groups is 1. The van der Waals surface area contributed by atoms with E-state index in [0.29, 0.717) is 12.3 Å². The van der Waals surface area contributed by atoms with E-state index in [9.17, 15) is 9.90 Å². The molecule has 1 aromatic rings. The van der Waals surface area contributed by atoms with Gasteiger partial charge in [0.25, 0.3) is 0 Å². The van der Waals surface area contributed by atoms with Gasteiger partial charge in [0.1, 0.15) is 0 Å². The number of thioether (sulfide) groups is 1. The van der Waals surface area contributed by atoms with Crippen molar-refractivity contribution in [1.82, 2.24) is 5.32 Å². The standard InChI is InChI=1S/C15H24N2O2S/c1-11(18)17-12-5-7-14(8-6-12)20-10-13(19)9-16-15(2,3)4/h5-8,13,16,19H,9-10H2,1-4H3,(H,17,18). The summed E-state index contributed by atoms with van der Waals surface area (Å²) in [5, 5.41) is 15.9. The highest BCUT2D eigenvalue weighted by atomic mass is 32.2. The molecule has 1 aromatic carbocycles. The van der Waals surface area contributed by atoms with Crippen LogP contribution in [0.5, 0.6) is 0 Å². The monoisotopic (exact) mass is 296 g/mol. The zero-order chi connectivity index (χ0) is 15.2. The van der Waals surface area contributed by atoms with Crippen molar-refractivity contribution >= 4 is 23.4 Å². The molecule has 1 rings (SSSR count). The van der Waals surface area contributed by atoms with Crippen LogP contribution in [-0.4, -0.2) is 35.0 Å². The largest absolute Gasteiger partial charge is 0.391 e. The minimum absolute atomic E-state index is 0.0195. The zero-order valence-corrected chi connectivity index (χ0v) is 13.4. The number of amides is 1. The smallest absolute Gasteiger partial charge is 0.221 e. The first-order chi connectivity index (χ1) is 9.26. The molecule has 0 aliphatic carbocycles. The van der Waals surface area contributed by atoms with E-state index in [1.165, 1.54) is 6.92 Å². The Morgan fingerprint density at radius 2 is 1.90 bits per heavy atom. The van der Waals surface area contributed by atoms with Gasteiger partial charge in [0.2, 0.25) is 5.91 Å². The quantitative estimate of drug-likeness (QED) is 0.706. The first kappa shape index (κ1) is 17.0. The van der Waals surface area contributed by atoms with E-state index in [1.807, 2.05) is 24.3 Å². The lowest BCUT2D eigenvalue weighted by atomic mass is 10.1. The average Bonchev–Trinajstić information content (AvgIpc) is 2.34. The topological polar surface area (TPSA) is 61.4 Å². The van der Waals surface area contributed by atoms with Crippen molar-refractivity contribution in [2.45, 2.75) is 44.2 Å². The molecule has 0 spiro atoms. The molecular weight excluding hydrogens is 272 g/mol. The Balaban J connectivity index is 2.36. The predicted octanol–water partition coefficient (Wildman–Crippen LogP) is 2.49. The molecule has 0 aromatic heterocycles. The van der Waals surface area contributed by atoms with Crippen molar-refractivity contribution in [2.75, 3.05) is 17.6 Å². The molecule has 0 bridgehead atoms. The third-order valence-electron chi connectivity index (χ3n) is 2.49. The molecule has 1 amide bonds. The third-order valence-corrected chi connectivity index (χ3v) is 3.64. The molecule has 0 heterocycles. The summed E-state index contributed by atoms with van der Waals surface area (Å²) in [6, 6.07) is 7.62. The molecule has 20 heavy (non-hydrogen) atoms. The van der Waals surface area contributed by atoms with Crippen LogP contribution < -0.4 is 10.6 Å². The van der Waals surface area contributed by atoms with Crippen LogP contribution in [0, 0.1) is 0 Å². The highest BCUT2D eigenvalue weighted by molar-refractivity contribution is 7.99. The molecule has 0 saturated heterocycles. The minimum atomic E-state index is -0.380. The van der Waals surface area contributed by atoms with E-state index < -0.39 is 0 Å². The summed E-state index contributed by atoms with van der Waals surface area (Å²) in [4.78, 5) is 12.0. The van der Waals surface area contributed by atoms with E-state index in [2.05, 4.69) is 31.4 Å². The van der Waals surface area contributed by atoms with E-state index >= 15 is 0 Å². The van der Waals surface area contributed by atoms with Crippen LogP contribution in [0.3, 0.4) is 0 Å². The Labute approximate surface area is 125 Å². The fraction of sp³-hybridized carbons (Fsp3) is 0.533. The zero-order valence-electron chi connectivity index (χ0n) is 12.6. The van der Waals surface area contributed by atoms with Gasteiger partial charge >= 0.3 is 0 Å². The Morgan fingerprint density at radius 3 is 2.40 bits per heavy atom. The Bertz CT molecular complexity index is 426. The maximum atomic E-state index is 10.9. The first-order valence-electron chi connectivity index (χ1n) is 6.70. The fourth-order valence-corrected chi connectivity index (χ4v) is 2.34. The van der Waals surface area contributed by atoms with Crippen molar-refractivity contribution in [2.24, 2.45) is 0 Å². The number of aliphatic hydroxyl groups excluding tert-OH is 1. The normalized spacial score (nSPS) is 13.1. The summed E-state index contributed by atoms with van der Waals surface area (Å²) in [6.45, 7) is 8.30. The maximum absolute atomic E-state index is 10.9. The highest BCUT2D eigenvalue weighted by Gasteiger charge is 2.12. The molecule has 1 atom stereocenters. The number of β-amino-alcohol motifs (C(OH)–C–C–N with tert-alkyl or cyclic N) is 1. The SMILES string of the molecule is CC(=O)Nc1ccc(SCC(O)CNC(C)(C)C)cc1. The lowest BCUT2D eigenvalue weighted by Gasteiger charge is -2.22. The van der Waals surface area contributed by atoms with Crippen LogP contribution in [0.25, 0.3) is 0 Å². The first-order valence-corrected chi connectivity index (χ1v) is 7.68. The molecule has 112 valence electrons. The summed E-state index contributed by atoms with van der Waals surface area (Å²) in [6.07, 6.45) is -0.380. The highest BCUT2D eigenvalue weighted by Crippen LogP contribution is 2.21. The average molecular weight is 296 g/mol. The summed E-state index contributed by atoms with van der Waals surface area (Å²) in [5.74, 6) is 0.567. The number of hydrogen-bond acceptors (Lipinski definition) is 4. The van der Waals surface area contributed by atoms with Gasteiger partial charge in [-0.15, -0.1) is 11.8 Å². The van der Waals surface area contributed by atoms with Gasteiger partial charge in [-0.05, 0) is 45.0 Å². The third kappa shape index (κ3) is 7.53. The molecule has 5 heteroatoms. The molecule has 0 aliphatic rings. The number of carbonyl (C=O) groups excluding carboxylic acids is 1. The van der Waals surface area contributed by atoms with Crippen LogP contribution in [0.2, 0.25) is 0 Å². The molecule has 1 unspecified atom stereocenters. The Kier molecular flexibility index (Phi) is 6.52. The predicted molar refractivity (Wildman–Crippen MR) is 85.2 cm³/mol. The van der Waals surface area contributed by atoms with Crippen molar-refractivity contribution < 1.29 is 9.90 Å². The Hall–Kier alpha value is -1.04. The van der Waals surface area contributed by atoms with Gasteiger partial charge in [-0.1, -0.05) is 0 Å². The van der Waals surface area contributed by atoms with Crippen LogP contribution in [0.4, 0.5) is 5.69 Å². The van der Waals surface area contributed by atoms with Gasteiger partial charge in [0.05, 0.1) is 6.10 Å². The second-order valence-electron chi connectivity index (χ2n) is 5.80. The Morgan fingerprint density at radius 1 is 1.30 bits per heavy atom. The lowest BCUT2D eigenvalue weighted by Crippen LogP contribution is -2.41. The fourth-order valence-electron chi connectivity index (χ4n) is 1.51. The number of anilines is 1. The minimum Gasteiger partial charge on any atom is -0.391 e. The van der Waals surface area contributed by atoms with Gasteiger partial charge < -0.3 is 15.7 Å². The molecule has 4 nitrogen and oxygen atoms in total. The van der Waals surface area contributed by atoms with Crippen molar-refractivity contribution in [3.8, 4) is 0 Å². The van der Waals surface area contributed by atoms with Crippen LogP contribution in [0.15, 0.2) is 29.2 Å². The molecule has 3 N–H and O–H groups in total.